The highest BCUT2D eigenvalue weighted by molar-refractivity contribution is 5.54. The molecule has 0 atom stereocenters. The lowest BCUT2D eigenvalue weighted by Gasteiger charge is -2.07. The first-order valence-electron chi connectivity index (χ1n) is 6.13. The van der Waals surface area contributed by atoms with Gasteiger partial charge in [0.05, 0.1) is 0 Å². The van der Waals surface area contributed by atoms with Gasteiger partial charge in [0.2, 0.25) is 0 Å². The zero-order valence-corrected chi connectivity index (χ0v) is 10.3. The van der Waals surface area contributed by atoms with Gasteiger partial charge in [-0.25, -0.2) is 4.98 Å². The molecule has 1 aromatic heterocycles. The highest BCUT2D eigenvalue weighted by Gasteiger charge is 2.04. The van der Waals surface area contributed by atoms with Crippen LogP contribution in [-0.2, 0) is 6.54 Å². The summed E-state index contributed by atoms with van der Waals surface area (Å²) in [6.45, 7) is 2.11. The van der Waals surface area contributed by atoms with Gasteiger partial charge in [-0.3, -0.25) is 0 Å². The average Bonchev–Trinajstić information content (AvgIpc) is 2.84. The lowest BCUT2D eigenvalue weighted by atomic mass is 10.2. The second kappa shape index (κ2) is 6.21. The lowest BCUT2D eigenvalue weighted by Crippen LogP contribution is -2.09. The minimum absolute atomic E-state index is 1.03. The third-order valence-corrected chi connectivity index (χ3v) is 2.82. The van der Waals surface area contributed by atoms with Gasteiger partial charge in [-0.15, -0.1) is 0 Å². The summed E-state index contributed by atoms with van der Waals surface area (Å²) in [5, 5.41) is 3.17. The van der Waals surface area contributed by atoms with Crippen molar-refractivity contribution in [1.82, 2.24) is 14.9 Å². The van der Waals surface area contributed by atoms with E-state index >= 15 is 0 Å². The second-order valence-corrected chi connectivity index (χ2v) is 4.12. The Balaban J connectivity index is 2.02. The van der Waals surface area contributed by atoms with Crippen LogP contribution >= 0.6 is 0 Å². The van der Waals surface area contributed by atoms with Crippen molar-refractivity contribution in [1.29, 1.82) is 0 Å². The molecular formula is C14H19N3. The van der Waals surface area contributed by atoms with Crippen LogP contribution in [0.1, 0.15) is 12.8 Å². The molecule has 17 heavy (non-hydrogen) atoms. The summed E-state index contributed by atoms with van der Waals surface area (Å²) >= 11 is 0. The summed E-state index contributed by atoms with van der Waals surface area (Å²) in [5.74, 6) is 1.06. The van der Waals surface area contributed by atoms with E-state index in [1.54, 1.807) is 0 Å². The number of aryl methyl sites for hydroxylation is 1. The van der Waals surface area contributed by atoms with Crippen LogP contribution in [0.4, 0.5) is 0 Å². The van der Waals surface area contributed by atoms with Gasteiger partial charge in [0.1, 0.15) is 5.82 Å². The van der Waals surface area contributed by atoms with Crippen molar-refractivity contribution in [2.24, 2.45) is 0 Å². The first-order valence-corrected chi connectivity index (χ1v) is 6.13. The largest absolute Gasteiger partial charge is 0.331 e. The molecule has 0 fully saturated rings. The molecule has 90 valence electrons. The van der Waals surface area contributed by atoms with Crippen molar-refractivity contribution >= 4 is 0 Å². The molecular weight excluding hydrogens is 210 g/mol. The van der Waals surface area contributed by atoms with Crippen LogP contribution in [0.15, 0.2) is 42.7 Å². The molecule has 0 saturated carbocycles. The predicted octanol–water partition coefficient (Wildman–Crippen LogP) is 2.55. The maximum absolute atomic E-state index is 4.43. The minimum Gasteiger partial charge on any atom is -0.331 e. The fourth-order valence-corrected chi connectivity index (χ4v) is 1.92. The standard InChI is InChI=1S/C14H19N3/c1-15-9-5-6-11-17-12-10-16-14(17)13-7-3-2-4-8-13/h2-4,7-8,10,12,15H,5-6,9,11H2,1H3. The van der Waals surface area contributed by atoms with Crippen molar-refractivity contribution in [2.45, 2.75) is 19.4 Å². The first-order chi connectivity index (χ1) is 8.42. The van der Waals surface area contributed by atoms with Gasteiger partial charge in [-0.05, 0) is 26.4 Å². The number of hydrogen-bond donors (Lipinski definition) is 1. The zero-order chi connectivity index (χ0) is 11.9. The topological polar surface area (TPSA) is 29.9 Å². The van der Waals surface area contributed by atoms with E-state index in [0.29, 0.717) is 0 Å². The average molecular weight is 229 g/mol. The maximum atomic E-state index is 4.43. The van der Waals surface area contributed by atoms with Crippen LogP contribution in [0.25, 0.3) is 11.4 Å². The number of benzene rings is 1. The molecule has 0 unspecified atom stereocenters. The van der Waals surface area contributed by atoms with E-state index in [1.807, 2.05) is 19.3 Å². The molecule has 1 N–H and O–H groups in total. The summed E-state index contributed by atoms with van der Waals surface area (Å²) in [6.07, 6.45) is 6.31. The van der Waals surface area contributed by atoms with Crippen LogP contribution in [0.5, 0.6) is 0 Å². The Morgan fingerprint density at radius 1 is 1.18 bits per heavy atom. The van der Waals surface area contributed by atoms with Crippen LogP contribution in [0.3, 0.4) is 0 Å². The number of nitrogens with one attached hydrogen (secondary N) is 1. The normalized spacial score (nSPS) is 10.6. The van der Waals surface area contributed by atoms with Gasteiger partial charge in [0.15, 0.2) is 0 Å². The third-order valence-electron chi connectivity index (χ3n) is 2.82. The Morgan fingerprint density at radius 2 is 2.00 bits per heavy atom. The predicted molar refractivity (Wildman–Crippen MR) is 70.8 cm³/mol. The highest BCUT2D eigenvalue weighted by atomic mass is 15.1. The number of hydrogen-bond acceptors (Lipinski definition) is 2. The number of nitrogens with zero attached hydrogens (tertiary/aromatic N) is 2. The molecule has 0 aliphatic heterocycles. The van der Waals surface area contributed by atoms with Gasteiger partial charge < -0.3 is 9.88 Å². The van der Waals surface area contributed by atoms with E-state index in [1.165, 1.54) is 18.4 Å². The summed E-state index contributed by atoms with van der Waals surface area (Å²) in [6, 6.07) is 10.3. The second-order valence-electron chi connectivity index (χ2n) is 4.12. The van der Waals surface area contributed by atoms with E-state index in [9.17, 15) is 0 Å². The fraction of sp³-hybridized carbons (Fsp3) is 0.357. The number of rotatable bonds is 6. The molecule has 0 radical (unpaired) electrons. The van der Waals surface area contributed by atoms with Crippen LogP contribution in [0.2, 0.25) is 0 Å². The first kappa shape index (κ1) is 11.9. The van der Waals surface area contributed by atoms with Gasteiger partial charge in [-0.1, -0.05) is 30.3 Å². The van der Waals surface area contributed by atoms with E-state index < -0.39 is 0 Å². The highest BCUT2D eigenvalue weighted by Crippen LogP contribution is 2.17. The van der Waals surface area contributed by atoms with Crippen molar-refractivity contribution in [2.75, 3.05) is 13.6 Å². The van der Waals surface area contributed by atoms with E-state index in [2.05, 4.69) is 45.3 Å². The van der Waals surface area contributed by atoms with Gasteiger partial charge in [0, 0.05) is 24.5 Å². The van der Waals surface area contributed by atoms with E-state index in [4.69, 9.17) is 0 Å². The Morgan fingerprint density at radius 3 is 2.76 bits per heavy atom. The molecule has 1 aromatic carbocycles. The zero-order valence-electron chi connectivity index (χ0n) is 10.3. The number of aromatic nitrogens is 2. The van der Waals surface area contributed by atoms with E-state index in [0.717, 1.165) is 18.9 Å². The van der Waals surface area contributed by atoms with Crippen molar-refractivity contribution in [3.05, 3.63) is 42.7 Å². The molecule has 0 saturated heterocycles. The lowest BCUT2D eigenvalue weighted by molar-refractivity contribution is 0.594. The summed E-state index contributed by atoms with van der Waals surface area (Å²) in [4.78, 5) is 4.43. The van der Waals surface area contributed by atoms with Gasteiger partial charge in [0.25, 0.3) is 0 Å². The summed E-state index contributed by atoms with van der Waals surface area (Å²) in [5.41, 5.74) is 1.19. The van der Waals surface area contributed by atoms with Gasteiger partial charge in [-0.2, -0.15) is 0 Å². The smallest absolute Gasteiger partial charge is 0.139 e. The molecule has 2 aromatic rings. The maximum Gasteiger partial charge on any atom is 0.139 e. The van der Waals surface area contributed by atoms with E-state index in [-0.39, 0.29) is 0 Å². The van der Waals surface area contributed by atoms with Gasteiger partial charge >= 0.3 is 0 Å². The summed E-state index contributed by atoms with van der Waals surface area (Å²) < 4.78 is 2.23. The Bertz CT molecular complexity index is 434. The monoisotopic (exact) mass is 229 g/mol. The van der Waals surface area contributed by atoms with Crippen LogP contribution in [-0.4, -0.2) is 23.1 Å². The Hall–Kier alpha value is -1.61. The molecule has 0 amide bonds. The molecule has 0 spiro atoms. The Labute approximate surface area is 103 Å². The minimum atomic E-state index is 1.03. The third kappa shape index (κ3) is 3.17. The SMILES string of the molecule is CNCCCCn1ccnc1-c1ccccc1. The Kier molecular flexibility index (Phi) is 4.33. The van der Waals surface area contributed by atoms with Crippen molar-refractivity contribution in [3.8, 4) is 11.4 Å². The molecule has 1 heterocycles. The molecule has 0 bridgehead atoms. The number of unbranched alkanes of at least 4 members (excludes halogenated alkanes) is 1. The van der Waals surface area contributed by atoms with Crippen molar-refractivity contribution in [3.63, 3.8) is 0 Å². The van der Waals surface area contributed by atoms with Crippen LogP contribution in [0, 0.1) is 0 Å². The number of imidazole rings is 1. The molecule has 2 rings (SSSR count). The fourth-order valence-electron chi connectivity index (χ4n) is 1.92. The quantitative estimate of drug-likeness (QED) is 0.771. The molecule has 3 nitrogen and oxygen atoms in total. The van der Waals surface area contributed by atoms with Crippen molar-refractivity contribution < 1.29 is 0 Å². The summed E-state index contributed by atoms with van der Waals surface area (Å²) in [7, 11) is 1.99. The molecule has 0 aliphatic rings. The molecule has 0 aliphatic carbocycles. The van der Waals surface area contributed by atoms with Crippen LogP contribution < -0.4 is 5.32 Å². The molecule has 3 heteroatoms.